The van der Waals surface area contributed by atoms with Crippen LogP contribution in [0, 0.1) is 0 Å². The lowest BCUT2D eigenvalue weighted by Gasteiger charge is -2.35. The van der Waals surface area contributed by atoms with E-state index in [-0.39, 0.29) is 0 Å². The average Bonchev–Trinajstić information content (AvgIpc) is 3.33. The molecule has 2 aromatic carbocycles. The minimum atomic E-state index is 0.385. The van der Waals surface area contributed by atoms with Crippen LogP contribution in [0.2, 0.25) is 5.02 Å². The summed E-state index contributed by atoms with van der Waals surface area (Å²) in [6, 6.07) is 19.1. The molecule has 28 heavy (non-hydrogen) atoms. The van der Waals surface area contributed by atoms with E-state index in [2.05, 4.69) is 45.2 Å². The van der Waals surface area contributed by atoms with Gasteiger partial charge in [-0.05, 0) is 55.6 Å². The number of aromatic nitrogens is 2. The quantitative estimate of drug-likeness (QED) is 0.660. The standard InChI is InChI=1S/C23H25ClN4/c24-18-9-11-19(12-10-18)28-23-20(13-14-25-23)22(26-28)21-8-4-5-15-27(21)16-17-6-2-1-3-7-17/h1-3,6-7,9-12,21,25H,4-5,8,13-16H2. The highest BCUT2D eigenvalue weighted by molar-refractivity contribution is 6.30. The van der Waals surface area contributed by atoms with Crippen LogP contribution in [0.15, 0.2) is 54.6 Å². The van der Waals surface area contributed by atoms with Crippen molar-refractivity contribution in [2.75, 3.05) is 18.4 Å². The number of fused-ring (bicyclic) bond motifs is 1. The van der Waals surface area contributed by atoms with Crippen LogP contribution in [-0.2, 0) is 13.0 Å². The number of halogens is 1. The highest BCUT2D eigenvalue weighted by Crippen LogP contribution is 2.38. The van der Waals surface area contributed by atoms with E-state index < -0.39 is 0 Å². The molecular formula is C23H25ClN4. The molecular weight excluding hydrogens is 368 g/mol. The number of nitrogens with one attached hydrogen (secondary N) is 1. The molecule has 0 aliphatic carbocycles. The number of nitrogens with zero attached hydrogens (tertiary/aromatic N) is 3. The lowest BCUT2D eigenvalue weighted by Crippen LogP contribution is -2.33. The summed E-state index contributed by atoms with van der Waals surface area (Å²) in [5.41, 5.74) is 5.08. The van der Waals surface area contributed by atoms with E-state index in [0.717, 1.165) is 42.6 Å². The minimum Gasteiger partial charge on any atom is -0.369 e. The molecule has 2 aliphatic heterocycles. The first-order valence-electron chi connectivity index (χ1n) is 10.2. The number of rotatable bonds is 4. The third-order valence-electron chi connectivity index (χ3n) is 5.91. The molecule has 0 radical (unpaired) electrons. The predicted molar refractivity (Wildman–Crippen MR) is 114 cm³/mol. The monoisotopic (exact) mass is 392 g/mol. The Kier molecular flexibility index (Phi) is 4.83. The largest absolute Gasteiger partial charge is 0.369 e. The second-order valence-electron chi connectivity index (χ2n) is 7.75. The molecule has 1 atom stereocenters. The Morgan fingerprint density at radius 3 is 2.68 bits per heavy atom. The Morgan fingerprint density at radius 2 is 1.86 bits per heavy atom. The van der Waals surface area contributed by atoms with Crippen molar-refractivity contribution in [3.8, 4) is 5.69 Å². The maximum atomic E-state index is 6.09. The Balaban J connectivity index is 1.50. The van der Waals surface area contributed by atoms with Crippen molar-refractivity contribution >= 4 is 17.4 Å². The van der Waals surface area contributed by atoms with Crippen molar-refractivity contribution in [3.05, 3.63) is 76.4 Å². The number of hydrogen-bond donors (Lipinski definition) is 1. The molecule has 1 N–H and O–H groups in total. The average molecular weight is 393 g/mol. The van der Waals surface area contributed by atoms with Gasteiger partial charge < -0.3 is 5.32 Å². The number of benzene rings is 2. The maximum Gasteiger partial charge on any atom is 0.133 e. The fourth-order valence-corrected chi connectivity index (χ4v) is 4.67. The summed E-state index contributed by atoms with van der Waals surface area (Å²) in [7, 11) is 0. The fraction of sp³-hybridized carbons (Fsp3) is 0.348. The summed E-state index contributed by atoms with van der Waals surface area (Å²) in [5.74, 6) is 1.16. The van der Waals surface area contributed by atoms with Crippen molar-refractivity contribution in [2.45, 2.75) is 38.3 Å². The van der Waals surface area contributed by atoms with Gasteiger partial charge in [-0.25, -0.2) is 4.68 Å². The van der Waals surface area contributed by atoms with Crippen LogP contribution < -0.4 is 5.32 Å². The van der Waals surface area contributed by atoms with Crippen LogP contribution in [0.5, 0.6) is 0 Å². The summed E-state index contributed by atoms with van der Waals surface area (Å²) in [5, 5.41) is 9.42. The number of hydrogen-bond acceptors (Lipinski definition) is 3. The Hall–Kier alpha value is -2.30. The molecule has 1 saturated heterocycles. The smallest absolute Gasteiger partial charge is 0.133 e. The van der Waals surface area contributed by atoms with Gasteiger partial charge in [-0.2, -0.15) is 5.10 Å². The van der Waals surface area contributed by atoms with E-state index >= 15 is 0 Å². The molecule has 3 aromatic rings. The van der Waals surface area contributed by atoms with Gasteiger partial charge in [-0.1, -0.05) is 48.4 Å². The molecule has 144 valence electrons. The normalized spacial score (nSPS) is 19.4. The summed E-state index contributed by atoms with van der Waals surface area (Å²) >= 11 is 6.09. The molecule has 5 rings (SSSR count). The Labute approximate surface area is 171 Å². The van der Waals surface area contributed by atoms with Gasteiger partial charge in [-0.3, -0.25) is 4.90 Å². The lowest BCUT2D eigenvalue weighted by atomic mass is 9.95. The summed E-state index contributed by atoms with van der Waals surface area (Å²) in [6.07, 6.45) is 4.76. The first kappa shape index (κ1) is 17.8. The number of likely N-dealkylation sites (tertiary alicyclic amines) is 1. The summed E-state index contributed by atoms with van der Waals surface area (Å²) in [6.45, 7) is 3.11. The second kappa shape index (κ2) is 7.61. The Morgan fingerprint density at radius 1 is 1.04 bits per heavy atom. The third kappa shape index (κ3) is 3.31. The molecule has 0 bridgehead atoms. The molecule has 0 amide bonds. The summed E-state index contributed by atoms with van der Waals surface area (Å²) in [4.78, 5) is 2.62. The van der Waals surface area contributed by atoms with E-state index in [0.29, 0.717) is 6.04 Å². The van der Waals surface area contributed by atoms with Gasteiger partial charge in [0.1, 0.15) is 5.82 Å². The van der Waals surface area contributed by atoms with Crippen molar-refractivity contribution < 1.29 is 0 Å². The first-order chi connectivity index (χ1) is 13.8. The molecule has 2 aliphatic rings. The first-order valence-corrected chi connectivity index (χ1v) is 10.6. The minimum absolute atomic E-state index is 0.385. The van der Waals surface area contributed by atoms with Gasteiger partial charge >= 0.3 is 0 Å². The zero-order chi connectivity index (χ0) is 18.9. The molecule has 0 spiro atoms. The van der Waals surface area contributed by atoms with Crippen LogP contribution in [0.3, 0.4) is 0 Å². The van der Waals surface area contributed by atoms with Gasteiger partial charge in [-0.15, -0.1) is 0 Å². The topological polar surface area (TPSA) is 33.1 Å². The van der Waals surface area contributed by atoms with Crippen LogP contribution in [-0.4, -0.2) is 27.8 Å². The fourth-order valence-electron chi connectivity index (χ4n) is 4.55. The zero-order valence-electron chi connectivity index (χ0n) is 15.9. The molecule has 1 unspecified atom stereocenters. The number of piperidine rings is 1. The van der Waals surface area contributed by atoms with Crippen LogP contribution in [0.1, 0.15) is 42.1 Å². The zero-order valence-corrected chi connectivity index (χ0v) is 16.7. The van der Waals surface area contributed by atoms with Gasteiger partial charge in [0, 0.05) is 23.7 Å². The van der Waals surface area contributed by atoms with E-state index in [1.807, 2.05) is 24.3 Å². The van der Waals surface area contributed by atoms with E-state index in [9.17, 15) is 0 Å². The molecule has 1 fully saturated rings. The van der Waals surface area contributed by atoms with Crippen LogP contribution >= 0.6 is 11.6 Å². The molecule has 3 heterocycles. The van der Waals surface area contributed by atoms with Gasteiger partial charge in [0.05, 0.1) is 17.4 Å². The van der Waals surface area contributed by atoms with E-state index in [4.69, 9.17) is 16.7 Å². The van der Waals surface area contributed by atoms with Crippen LogP contribution in [0.4, 0.5) is 5.82 Å². The number of anilines is 1. The van der Waals surface area contributed by atoms with Gasteiger partial charge in [0.25, 0.3) is 0 Å². The SMILES string of the molecule is Clc1ccc(-n2nc(C3CCCCN3Cc3ccccc3)c3c2NCC3)cc1. The highest BCUT2D eigenvalue weighted by Gasteiger charge is 2.32. The second-order valence-corrected chi connectivity index (χ2v) is 8.18. The molecule has 0 saturated carbocycles. The van der Waals surface area contributed by atoms with E-state index in [1.165, 1.54) is 36.1 Å². The predicted octanol–water partition coefficient (Wildman–Crippen LogP) is 5.22. The van der Waals surface area contributed by atoms with E-state index in [1.54, 1.807) is 0 Å². The van der Waals surface area contributed by atoms with Gasteiger partial charge in [0.15, 0.2) is 0 Å². The summed E-state index contributed by atoms with van der Waals surface area (Å²) < 4.78 is 2.07. The van der Waals surface area contributed by atoms with Gasteiger partial charge in [0.2, 0.25) is 0 Å². The van der Waals surface area contributed by atoms with Crippen LogP contribution in [0.25, 0.3) is 5.69 Å². The third-order valence-corrected chi connectivity index (χ3v) is 6.16. The maximum absolute atomic E-state index is 6.09. The molecule has 1 aromatic heterocycles. The lowest BCUT2D eigenvalue weighted by molar-refractivity contribution is 0.136. The van der Waals surface area contributed by atoms with Crippen molar-refractivity contribution in [3.63, 3.8) is 0 Å². The molecule has 5 heteroatoms. The van der Waals surface area contributed by atoms with Crippen molar-refractivity contribution in [1.29, 1.82) is 0 Å². The van der Waals surface area contributed by atoms with Crippen molar-refractivity contribution in [2.24, 2.45) is 0 Å². The highest BCUT2D eigenvalue weighted by atomic mass is 35.5. The van der Waals surface area contributed by atoms with Crippen molar-refractivity contribution in [1.82, 2.24) is 14.7 Å². The Bertz CT molecular complexity index is 949. The molecule has 4 nitrogen and oxygen atoms in total.